The molecule has 0 spiro atoms. The van der Waals surface area contributed by atoms with Gasteiger partial charge in [-0.1, -0.05) is 39.3 Å². The molecule has 0 aromatic heterocycles. The molecule has 0 bridgehead atoms. The molecule has 1 aliphatic carbocycles. The van der Waals surface area contributed by atoms with Crippen LogP contribution in [0, 0.1) is 0 Å². The average Bonchev–Trinajstić information content (AvgIpc) is 2.29. The van der Waals surface area contributed by atoms with Gasteiger partial charge in [0.2, 0.25) is 0 Å². The summed E-state index contributed by atoms with van der Waals surface area (Å²) in [5.41, 5.74) is 0. The molecule has 0 aromatic rings. The van der Waals surface area contributed by atoms with Gasteiger partial charge in [0.15, 0.2) is 8.32 Å². The fraction of sp³-hybridized carbons (Fsp3) is 0.867. The lowest BCUT2D eigenvalue weighted by atomic mass is 10.1. The zero-order valence-corrected chi connectivity index (χ0v) is 13.4. The van der Waals surface area contributed by atoms with Crippen molar-refractivity contribution in [2.24, 2.45) is 0 Å². The van der Waals surface area contributed by atoms with Crippen molar-refractivity contribution in [1.29, 1.82) is 0 Å². The molecule has 0 amide bonds. The Morgan fingerprint density at radius 3 is 2.29 bits per heavy atom. The zero-order valence-electron chi connectivity index (χ0n) is 12.4. The number of rotatable bonds is 2. The van der Waals surface area contributed by atoms with Gasteiger partial charge in [0.25, 0.3) is 0 Å². The van der Waals surface area contributed by atoms with Crippen LogP contribution in [0.2, 0.25) is 18.1 Å². The Morgan fingerprint density at radius 1 is 1.00 bits per heavy atom. The summed E-state index contributed by atoms with van der Waals surface area (Å²) in [6.45, 7) is 11.7. The van der Waals surface area contributed by atoms with E-state index >= 15 is 0 Å². The van der Waals surface area contributed by atoms with E-state index in [0.717, 1.165) is 0 Å². The summed E-state index contributed by atoms with van der Waals surface area (Å²) in [4.78, 5) is 0. The van der Waals surface area contributed by atoms with Gasteiger partial charge in [-0.2, -0.15) is 0 Å². The van der Waals surface area contributed by atoms with Crippen LogP contribution in [0.1, 0.15) is 59.3 Å². The Labute approximate surface area is 109 Å². The first kappa shape index (κ1) is 15.0. The van der Waals surface area contributed by atoms with E-state index in [-0.39, 0.29) is 0 Å². The van der Waals surface area contributed by atoms with Crippen molar-refractivity contribution in [2.75, 3.05) is 0 Å². The summed E-state index contributed by atoms with van der Waals surface area (Å²) >= 11 is 0. The molecular weight excluding hydrogens is 224 g/mol. The summed E-state index contributed by atoms with van der Waals surface area (Å²) < 4.78 is 6.54. The quantitative estimate of drug-likeness (QED) is 0.481. The van der Waals surface area contributed by atoms with Gasteiger partial charge in [0.05, 0.1) is 0 Å². The highest BCUT2D eigenvalue weighted by molar-refractivity contribution is 6.74. The van der Waals surface area contributed by atoms with E-state index < -0.39 is 8.32 Å². The fourth-order valence-corrected chi connectivity index (χ4v) is 3.43. The molecule has 1 aliphatic rings. The Bertz CT molecular complexity index is 250. The SMILES string of the molecule is CC(C)(C)[Si](C)(C)OC1CCC=CCCCC1. The summed E-state index contributed by atoms with van der Waals surface area (Å²) in [5, 5.41) is 0.335. The van der Waals surface area contributed by atoms with Crippen LogP contribution in [0.25, 0.3) is 0 Å². The summed E-state index contributed by atoms with van der Waals surface area (Å²) in [7, 11) is -1.57. The van der Waals surface area contributed by atoms with Crippen molar-refractivity contribution in [3.63, 3.8) is 0 Å². The van der Waals surface area contributed by atoms with E-state index in [1.807, 2.05) is 0 Å². The molecule has 0 radical (unpaired) electrons. The van der Waals surface area contributed by atoms with Crippen LogP contribution in [0.5, 0.6) is 0 Å². The maximum absolute atomic E-state index is 6.54. The molecule has 1 atom stereocenters. The molecule has 0 heterocycles. The Balaban J connectivity index is 2.56. The van der Waals surface area contributed by atoms with Crippen molar-refractivity contribution >= 4 is 8.32 Å². The molecule has 1 nitrogen and oxygen atoms in total. The summed E-state index contributed by atoms with van der Waals surface area (Å²) in [6, 6.07) is 0. The molecule has 0 N–H and O–H groups in total. The summed E-state index contributed by atoms with van der Waals surface area (Å²) in [5.74, 6) is 0. The van der Waals surface area contributed by atoms with Gasteiger partial charge in [-0.3, -0.25) is 0 Å². The van der Waals surface area contributed by atoms with Crippen molar-refractivity contribution in [1.82, 2.24) is 0 Å². The first-order valence-electron chi connectivity index (χ1n) is 7.16. The van der Waals surface area contributed by atoms with Crippen LogP contribution in [-0.4, -0.2) is 14.4 Å². The Morgan fingerprint density at radius 2 is 1.65 bits per heavy atom. The fourth-order valence-electron chi connectivity index (χ4n) is 2.01. The standard InChI is InChI=1S/C15H30OSi/c1-15(2,3)17(4,5)16-14-12-10-8-6-7-9-11-13-14/h6,8,14H,7,9-13H2,1-5H3. The highest BCUT2D eigenvalue weighted by Gasteiger charge is 2.38. The van der Waals surface area contributed by atoms with Crippen LogP contribution >= 0.6 is 0 Å². The van der Waals surface area contributed by atoms with Gasteiger partial charge in [-0.15, -0.1) is 0 Å². The molecular formula is C15H30OSi. The minimum atomic E-state index is -1.57. The predicted molar refractivity (Wildman–Crippen MR) is 78.9 cm³/mol. The number of hydrogen-bond donors (Lipinski definition) is 0. The van der Waals surface area contributed by atoms with Crippen LogP contribution < -0.4 is 0 Å². The van der Waals surface area contributed by atoms with E-state index in [2.05, 4.69) is 46.0 Å². The van der Waals surface area contributed by atoms with Gasteiger partial charge < -0.3 is 4.43 Å². The lowest BCUT2D eigenvalue weighted by molar-refractivity contribution is 0.160. The number of allylic oxidation sites excluding steroid dienone is 2. The third kappa shape index (κ3) is 4.97. The molecule has 1 rings (SSSR count). The summed E-state index contributed by atoms with van der Waals surface area (Å²) in [6.07, 6.45) is 12.8. The van der Waals surface area contributed by atoms with Crippen molar-refractivity contribution in [3.8, 4) is 0 Å². The molecule has 0 aliphatic heterocycles. The van der Waals surface area contributed by atoms with Gasteiger partial charge in [0.1, 0.15) is 0 Å². The smallest absolute Gasteiger partial charge is 0.192 e. The van der Waals surface area contributed by atoms with Crippen molar-refractivity contribution in [3.05, 3.63) is 12.2 Å². The predicted octanol–water partition coefficient (Wildman–Crippen LogP) is 5.29. The highest BCUT2D eigenvalue weighted by atomic mass is 28.4. The second kappa shape index (κ2) is 6.19. The van der Waals surface area contributed by atoms with E-state index in [1.165, 1.54) is 38.5 Å². The van der Waals surface area contributed by atoms with Crippen LogP contribution in [0.15, 0.2) is 12.2 Å². The van der Waals surface area contributed by atoms with Gasteiger partial charge in [-0.05, 0) is 50.2 Å². The first-order chi connectivity index (χ1) is 7.83. The monoisotopic (exact) mass is 254 g/mol. The second-order valence-corrected chi connectivity index (χ2v) is 11.6. The van der Waals surface area contributed by atoms with Gasteiger partial charge in [-0.25, -0.2) is 0 Å². The minimum absolute atomic E-state index is 0.335. The van der Waals surface area contributed by atoms with Crippen LogP contribution in [0.3, 0.4) is 0 Å². The third-order valence-electron chi connectivity index (χ3n) is 4.24. The van der Waals surface area contributed by atoms with Crippen molar-refractivity contribution < 1.29 is 4.43 Å². The van der Waals surface area contributed by atoms with Crippen LogP contribution in [0.4, 0.5) is 0 Å². The van der Waals surface area contributed by atoms with Crippen LogP contribution in [-0.2, 0) is 4.43 Å². The molecule has 17 heavy (non-hydrogen) atoms. The molecule has 2 heteroatoms. The average molecular weight is 254 g/mol. The molecule has 0 saturated carbocycles. The normalized spacial score (nSPS) is 23.9. The molecule has 100 valence electrons. The maximum Gasteiger partial charge on any atom is 0.192 e. The Hall–Kier alpha value is -0.0831. The third-order valence-corrected chi connectivity index (χ3v) is 8.77. The highest BCUT2D eigenvalue weighted by Crippen LogP contribution is 2.38. The van der Waals surface area contributed by atoms with E-state index in [4.69, 9.17) is 4.43 Å². The largest absolute Gasteiger partial charge is 0.414 e. The molecule has 0 aromatic carbocycles. The molecule has 0 saturated heterocycles. The second-order valence-electron chi connectivity index (χ2n) is 6.83. The molecule has 1 unspecified atom stereocenters. The minimum Gasteiger partial charge on any atom is -0.414 e. The topological polar surface area (TPSA) is 9.23 Å². The van der Waals surface area contributed by atoms with E-state index in [0.29, 0.717) is 11.1 Å². The molecule has 0 fully saturated rings. The van der Waals surface area contributed by atoms with Gasteiger partial charge >= 0.3 is 0 Å². The van der Waals surface area contributed by atoms with Crippen molar-refractivity contribution in [2.45, 2.75) is 83.5 Å². The lowest BCUT2D eigenvalue weighted by Gasteiger charge is -2.39. The van der Waals surface area contributed by atoms with Gasteiger partial charge in [0, 0.05) is 6.10 Å². The zero-order chi connectivity index (χ0) is 12.9. The first-order valence-corrected chi connectivity index (χ1v) is 10.1. The maximum atomic E-state index is 6.54. The van der Waals surface area contributed by atoms with E-state index in [9.17, 15) is 0 Å². The van der Waals surface area contributed by atoms with E-state index in [1.54, 1.807) is 0 Å². The number of hydrogen-bond acceptors (Lipinski definition) is 1. The lowest BCUT2D eigenvalue weighted by Crippen LogP contribution is -2.43. The Kier molecular flexibility index (Phi) is 5.45.